The molecule has 0 saturated carbocycles. The number of pyridine rings is 1. The number of aromatic nitrogens is 1. The second kappa shape index (κ2) is 9.82. The highest BCUT2D eigenvalue weighted by Crippen LogP contribution is 2.28. The lowest BCUT2D eigenvalue weighted by molar-refractivity contribution is -0.117. The Kier molecular flexibility index (Phi) is 6.70. The van der Waals surface area contributed by atoms with Crippen molar-refractivity contribution in [1.82, 2.24) is 15.2 Å². The maximum atomic E-state index is 12.6. The van der Waals surface area contributed by atoms with Crippen molar-refractivity contribution in [2.24, 2.45) is 0 Å². The summed E-state index contributed by atoms with van der Waals surface area (Å²) < 4.78 is 11.3. The fraction of sp³-hybridized carbons (Fsp3) is 0.375. The van der Waals surface area contributed by atoms with E-state index >= 15 is 0 Å². The lowest BCUT2D eigenvalue weighted by atomic mass is 10.2. The van der Waals surface area contributed by atoms with Gasteiger partial charge in [-0.15, -0.1) is 0 Å². The first-order valence-corrected chi connectivity index (χ1v) is 10.8. The summed E-state index contributed by atoms with van der Waals surface area (Å²) in [5.41, 5.74) is 1.54. The van der Waals surface area contributed by atoms with Crippen molar-refractivity contribution in [3.63, 3.8) is 0 Å². The maximum absolute atomic E-state index is 12.6. The summed E-state index contributed by atoms with van der Waals surface area (Å²) in [5.74, 6) is 1.79. The quantitative estimate of drug-likeness (QED) is 0.701. The van der Waals surface area contributed by atoms with Gasteiger partial charge in [0.25, 0.3) is 5.91 Å². The van der Waals surface area contributed by atoms with Crippen molar-refractivity contribution in [3.05, 3.63) is 60.2 Å². The topological polar surface area (TPSA) is 84.0 Å². The van der Waals surface area contributed by atoms with Gasteiger partial charge in [0, 0.05) is 43.3 Å². The monoisotopic (exact) mass is 436 g/mol. The molecule has 3 heterocycles. The summed E-state index contributed by atoms with van der Waals surface area (Å²) in [6.45, 7) is 9.31. The Bertz CT molecular complexity index is 986. The largest absolute Gasteiger partial charge is 0.439 e. The first-order valence-electron chi connectivity index (χ1n) is 10.8. The number of carbonyl (C=O) groups is 2. The smallest absolute Gasteiger partial charge is 0.254 e. The van der Waals surface area contributed by atoms with Crippen LogP contribution in [0.3, 0.4) is 0 Å². The number of amides is 2. The zero-order valence-electron chi connectivity index (χ0n) is 18.3. The Morgan fingerprint density at radius 3 is 2.62 bits per heavy atom. The minimum Gasteiger partial charge on any atom is -0.439 e. The lowest BCUT2D eigenvalue weighted by Crippen LogP contribution is -2.40. The number of rotatable bonds is 6. The number of ether oxygens (including phenoxy) is 2. The van der Waals surface area contributed by atoms with Gasteiger partial charge in [0.2, 0.25) is 11.8 Å². The molecule has 1 aromatic carbocycles. The van der Waals surface area contributed by atoms with Crippen LogP contribution in [-0.4, -0.2) is 67.1 Å². The number of nitrogens with one attached hydrogen (secondary N) is 1. The summed E-state index contributed by atoms with van der Waals surface area (Å²) in [6.07, 6.45) is 2.14. The number of benzene rings is 1. The zero-order chi connectivity index (χ0) is 22.5. The molecular weight excluding hydrogens is 408 g/mol. The van der Waals surface area contributed by atoms with Crippen LogP contribution in [0.25, 0.3) is 0 Å². The van der Waals surface area contributed by atoms with E-state index in [9.17, 15) is 9.59 Å². The van der Waals surface area contributed by atoms with Gasteiger partial charge in [-0.05, 0) is 49.8 Å². The zero-order valence-corrected chi connectivity index (χ0v) is 18.3. The van der Waals surface area contributed by atoms with Crippen LogP contribution in [0.1, 0.15) is 22.3 Å². The molecule has 8 heteroatoms. The van der Waals surface area contributed by atoms with E-state index in [2.05, 4.69) is 16.8 Å². The molecule has 0 radical (unpaired) electrons. The average molecular weight is 437 g/mol. The van der Waals surface area contributed by atoms with E-state index in [0.29, 0.717) is 50.0 Å². The molecule has 2 aliphatic rings. The summed E-state index contributed by atoms with van der Waals surface area (Å²) in [7, 11) is 0. The van der Waals surface area contributed by atoms with Crippen molar-refractivity contribution in [2.45, 2.75) is 19.4 Å². The summed E-state index contributed by atoms with van der Waals surface area (Å²) in [6, 6.07) is 11.1. The Hall–Kier alpha value is -3.39. The highest BCUT2D eigenvalue weighted by molar-refractivity contribution is 5.94. The van der Waals surface area contributed by atoms with Gasteiger partial charge in [0.1, 0.15) is 11.6 Å². The minimum absolute atomic E-state index is 0.00304. The van der Waals surface area contributed by atoms with Crippen LogP contribution in [0.15, 0.2) is 49.1 Å². The van der Waals surface area contributed by atoms with Gasteiger partial charge < -0.3 is 24.6 Å². The fourth-order valence-electron chi connectivity index (χ4n) is 3.85. The normalized spacial score (nSPS) is 18.3. The molecule has 0 bridgehead atoms. The summed E-state index contributed by atoms with van der Waals surface area (Å²) in [5, 5.41) is 2.94. The van der Waals surface area contributed by atoms with Crippen LogP contribution in [0.5, 0.6) is 11.6 Å². The van der Waals surface area contributed by atoms with E-state index in [0.717, 1.165) is 24.3 Å². The van der Waals surface area contributed by atoms with Crippen molar-refractivity contribution < 1.29 is 19.1 Å². The number of aryl methyl sites for hydroxylation is 1. The molecule has 2 amide bonds. The van der Waals surface area contributed by atoms with Crippen LogP contribution in [0.2, 0.25) is 0 Å². The van der Waals surface area contributed by atoms with Gasteiger partial charge in [-0.2, -0.15) is 4.98 Å². The molecule has 1 unspecified atom stereocenters. The van der Waals surface area contributed by atoms with Gasteiger partial charge in [-0.3, -0.25) is 9.59 Å². The average Bonchev–Trinajstić information content (AvgIpc) is 3.29. The van der Waals surface area contributed by atoms with Gasteiger partial charge in [0.05, 0.1) is 13.2 Å². The minimum atomic E-state index is -0.159. The van der Waals surface area contributed by atoms with Crippen LogP contribution in [0.4, 0.5) is 5.82 Å². The van der Waals surface area contributed by atoms with Crippen molar-refractivity contribution in [3.8, 4) is 11.6 Å². The van der Waals surface area contributed by atoms with Crippen LogP contribution >= 0.6 is 0 Å². The molecule has 4 rings (SSSR count). The number of anilines is 1. The fourth-order valence-corrected chi connectivity index (χ4v) is 3.85. The third-order valence-electron chi connectivity index (χ3n) is 5.69. The Balaban J connectivity index is 1.41. The molecule has 1 atom stereocenters. The SMILES string of the molecule is C=CC(=O)NC1CCN(c2ccc(C)c(Oc3ccc(C(=O)N4CCOCC4)cc3)n2)C1. The van der Waals surface area contributed by atoms with Crippen molar-refractivity contribution in [2.75, 3.05) is 44.3 Å². The number of morpholine rings is 1. The molecule has 0 aliphatic carbocycles. The van der Waals surface area contributed by atoms with Crippen LogP contribution in [0, 0.1) is 6.92 Å². The molecule has 0 spiro atoms. The summed E-state index contributed by atoms with van der Waals surface area (Å²) in [4.78, 5) is 32.8. The maximum Gasteiger partial charge on any atom is 0.254 e. The van der Waals surface area contributed by atoms with Crippen LogP contribution in [-0.2, 0) is 9.53 Å². The van der Waals surface area contributed by atoms with E-state index in [1.165, 1.54) is 6.08 Å². The molecule has 1 N–H and O–H groups in total. The van der Waals surface area contributed by atoms with Crippen LogP contribution < -0.4 is 15.0 Å². The predicted octanol–water partition coefficient (Wildman–Crippen LogP) is 2.54. The van der Waals surface area contributed by atoms with Crippen molar-refractivity contribution in [1.29, 1.82) is 0 Å². The molecule has 32 heavy (non-hydrogen) atoms. The molecule has 168 valence electrons. The number of hydrogen-bond donors (Lipinski definition) is 1. The highest BCUT2D eigenvalue weighted by atomic mass is 16.5. The van der Waals surface area contributed by atoms with E-state index in [4.69, 9.17) is 14.5 Å². The first kappa shape index (κ1) is 21.8. The molecule has 2 aromatic rings. The van der Waals surface area contributed by atoms with E-state index in [-0.39, 0.29) is 17.9 Å². The lowest BCUT2D eigenvalue weighted by Gasteiger charge is -2.26. The standard InChI is InChI=1S/C24H28N4O4/c1-3-22(29)25-19-10-11-28(16-19)21-9-4-17(2)23(26-21)32-20-7-5-18(6-8-20)24(30)27-12-14-31-15-13-27/h3-9,19H,1,10-16H2,2H3,(H,25,29). The van der Waals surface area contributed by atoms with E-state index in [1.54, 1.807) is 29.2 Å². The number of nitrogens with zero attached hydrogens (tertiary/aromatic N) is 3. The third-order valence-corrected chi connectivity index (χ3v) is 5.69. The Labute approximate surface area is 187 Å². The predicted molar refractivity (Wildman–Crippen MR) is 121 cm³/mol. The van der Waals surface area contributed by atoms with E-state index in [1.807, 2.05) is 19.1 Å². The highest BCUT2D eigenvalue weighted by Gasteiger charge is 2.25. The molecule has 8 nitrogen and oxygen atoms in total. The Morgan fingerprint density at radius 1 is 1.16 bits per heavy atom. The van der Waals surface area contributed by atoms with Crippen molar-refractivity contribution >= 4 is 17.6 Å². The molecule has 2 aliphatic heterocycles. The summed E-state index contributed by atoms with van der Waals surface area (Å²) >= 11 is 0. The number of carbonyl (C=O) groups excluding carboxylic acids is 2. The molecule has 2 fully saturated rings. The third kappa shape index (κ3) is 5.08. The molecule has 2 saturated heterocycles. The van der Waals surface area contributed by atoms with Gasteiger partial charge in [-0.1, -0.05) is 12.6 Å². The van der Waals surface area contributed by atoms with Gasteiger partial charge in [-0.25, -0.2) is 0 Å². The first-order chi connectivity index (χ1) is 15.5. The second-order valence-corrected chi connectivity index (χ2v) is 7.97. The van der Waals surface area contributed by atoms with Gasteiger partial charge in [0.15, 0.2) is 0 Å². The number of hydrogen-bond acceptors (Lipinski definition) is 6. The Morgan fingerprint density at radius 2 is 1.91 bits per heavy atom. The second-order valence-electron chi connectivity index (χ2n) is 7.97. The van der Waals surface area contributed by atoms with E-state index < -0.39 is 0 Å². The molecule has 1 aromatic heterocycles. The van der Waals surface area contributed by atoms with Gasteiger partial charge >= 0.3 is 0 Å². The molecular formula is C24H28N4O4.